The van der Waals surface area contributed by atoms with Gasteiger partial charge in [0, 0.05) is 0 Å². The number of rotatable bonds is 3. The SMILES string of the molecule is CC(C)(OC(=O)c1ccccc1)c1nnc(Br)s1. The second kappa shape index (κ2) is 5.16. The van der Waals surface area contributed by atoms with Gasteiger partial charge in [-0.15, -0.1) is 10.2 Å². The molecule has 2 rings (SSSR count). The molecular weight excluding hydrogens is 316 g/mol. The molecule has 0 saturated heterocycles. The molecule has 94 valence electrons. The number of carbonyl (C=O) groups is 1. The van der Waals surface area contributed by atoms with Gasteiger partial charge in [0.25, 0.3) is 0 Å². The maximum Gasteiger partial charge on any atom is 0.339 e. The number of hydrogen-bond acceptors (Lipinski definition) is 5. The zero-order valence-electron chi connectivity index (χ0n) is 9.88. The van der Waals surface area contributed by atoms with Gasteiger partial charge in [0.1, 0.15) is 0 Å². The van der Waals surface area contributed by atoms with E-state index in [4.69, 9.17) is 4.74 Å². The van der Waals surface area contributed by atoms with Gasteiger partial charge >= 0.3 is 5.97 Å². The highest BCUT2D eigenvalue weighted by molar-refractivity contribution is 9.11. The van der Waals surface area contributed by atoms with Gasteiger partial charge in [0.05, 0.1) is 5.56 Å². The molecule has 0 saturated carbocycles. The van der Waals surface area contributed by atoms with Gasteiger partial charge in [-0.1, -0.05) is 29.5 Å². The third-order valence-electron chi connectivity index (χ3n) is 2.27. The minimum Gasteiger partial charge on any atom is -0.449 e. The molecule has 2 aromatic rings. The molecule has 0 unspecified atom stereocenters. The summed E-state index contributed by atoms with van der Waals surface area (Å²) in [7, 11) is 0. The third kappa shape index (κ3) is 2.94. The summed E-state index contributed by atoms with van der Waals surface area (Å²) >= 11 is 4.59. The normalized spacial score (nSPS) is 11.3. The van der Waals surface area contributed by atoms with Crippen molar-refractivity contribution in [3.8, 4) is 0 Å². The highest BCUT2D eigenvalue weighted by Gasteiger charge is 2.30. The van der Waals surface area contributed by atoms with Crippen LogP contribution in [0, 0.1) is 0 Å². The lowest BCUT2D eigenvalue weighted by Gasteiger charge is -2.21. The van der Waals surface area contributed by atoms with Gasteiger partial charge < -0.3 is 4.74 Å². The Kier molecular flexibility index (Phi) is 3.77. The zero-order chi connectivity index (χ0) is 13.2. The Balaban J connectivity index is 2.16. The fourth-order valence-corrected chi connectivity index (χ4v) is 2.51. The van der Waals surface area contributed by atoms with Crippen LogP contribution in [0.3, 0.4) is 0 Å². The molecule has 0 bridgehead atoms. The van der Waals surface area contributed by atoms with Crippen LogP contribution < -0.4 is 0 Å². The summed E-state index contributed by atoms with van der Waals surface area (Å²) in [5, 5.41) is 8.49. The van der Waals surface area contributed by atoms with Gasteiger partial charge in [-0.3, -0.25) is 0 Å². The average molecular weight is 327 g/mol. The molecule has 0 radical (unpaired) electrons. The van der Waals surface area contributed by atoms with E-state index < -0.39 is 5.60 Å². The Labute approximate surface area is 117 Å². The zero-order valence-corrected chi connectivity index (χ0v) is 12.3. The summed E-state index contributed by atoms with van der Waals surface area (Å²) in [6.07, 6.45) is 0. The second-order valence-electron chi connectivity index (χ2n) is 4.13. The number of halogens is 1. The number of aromatic nitrogens is 2. The lowest BCUT2D eigenvalue weighted by Crippen LogP contribution is -2.25. The lowest BCUT2D eigenvalue weighted by molar-refractivity contribution is -0.00346. The molecule has 0 aliphatic heterocycles. The molecule has 0 N–H and O–H groups in total. The van der Waals surface area contributed by atoms with Crippen LogP contribution in [0.4, 0.5) is 0 Å². The minimum absolute atomic E-state index is 0.369. The molecule has 0 amide bonds. The van der Waals surface area contributed by atoms with Crippen molar-refractivity contribution in [2.24, 2.45) is 0 Å². The molecule has 4 nitrogen and oxygen atoms in total. The van der Waals surface area contributed by atoms with Crippen molar-refractivity contribution in [2.75, 3.05) is 0 Å². The highest BCUT2D eigenvalue weighted by atomic mass is 79.9. The van der Waals surface area contributed by atoms with Crippen LogP contribution in [0.15, 0.2) is 34.2 Å². The molecular formula is C12H11BrN2O2S. The highest BCUT2D eigenvalue weighted by Crippen LogP contribution is 2.30. The molecule has 1 heterocycles. The van der Waals surface area contributed by atoms with Crippen molar-refractivity contribution in [1.82, 2.24) is 10.2 Å². The Morgan fingerprint density at radius 1 is 1.28 bits per heavy atom. The predicted molar refractivity (Wildman–Crippen MR) is 72.5 cm³/mol. The summed E-state index contributed by atoms with van der Waals surface area (Å²) in [5.74, 6) is -0.369. The largest absolute Gasteiger partial charge is 0.449 e. The van der Waals surface area contributed by atoms with Crippen LogP contribution in [0.1, 0.15) is 29.2 Å². The van der Waals surface area contributed by atoms with E-state index in [1.54, 1.807) is 38.1 Å². The second-order valence-corrected chi connectivity index (χ2v) is 6.38. The van der Waals surface area contributed by atoms with E-state index >= 15 is 0 Å². The number of ether oxygens (including phenoxy) is 1. The summed E-state index contributed by atoms with van der Waals surface area (Å²) in [6.45, 7) is 3.58. The molecule has 0 aliphatic rings. The van der Waals surface area contributed by atoms with Crippen LogP contribution in [-0.2, 0) is 10.3 Å². The Hall–Kier alpha value is -1.27. The molecule has 0 spiro atoms. The Morgan fingerprint density at radius 3 is 2.50 bits per heavy atom. The van der Waals surface area contributed by atoms with Crippen molar-refractivity contribution < 1.29 is 9.53 Å². The van der Waals surface area contributed by atoms with Crippen LogP contribution in [-0.4, -0.2) is 16.2 Å². The average Bonchev–Trinajstić information content (AvgIpc) is 2.77. The van der Waals surface area contributed by atoms with Gasteiger partial charge in [-0.05, 0) is 41.9 Å². The van der Waals surface area contributed by atoms with E-state index in [0.717, 1.165) is 0 Å². The number of benzene rings is 1. The van der Waals surface area contributed by atoms with Crippen molar-refractivity contribution >= 4 is 33.2 Å². The molecule has 0 fully saturated rings. The van der Waals surface area contributed by atoms with Crippen molar-refractivity contribution in [3.63, 3.8) is 0 Å². The summed E-state index contributed by atoms with van der Waals surface area (Å²) in [4.78, 5) is 12.0. The molecule has 1 aromatic heterocycles. The topological polar surface area (TPSA) is 52.1 Å². The van der Waals surface area contributed by atoms with Crippen molar-refractivity contribution in [1.29, 1.82) is 0 Å². The monoisotopic (exact) mass is 326 g/mol. The minimum atomic E-state index is -0.795. The van der Waals surface area contributed by atoms with E-state index in [1.165, 1.54) is 11.3 Å². The first-order valence-electron chi connectivity index (χ1n) is 5.27. The molecule has 0 atom stereocenters. The third-order valence-corrected chi connectivity index (χ3v) is 3.93. The maximum absolute atomic E-state index is 12.0. The first kappa shape index (κ1) is 13.2. The van der Waals surface area contributed by atoms with E-state index in [1.807, 2.05) is 6.07 Å². The molecule has 6 heteroatoms. The fourth-order valence-electron chi connectivity index (χ4n) is 1.36. The van der Waals surface area contributed by atoms with Crippen molar-refractivity contribution in [2.45, 2.75) is 19.4 Å². The smallest absolute Gasteiger partial charge is 0.339 e. The summed E-state index contributed by atoms with van der Waals surface area (Å²) in [5.41, 5.74) is -0.273. The predicted octanol–water partition coefficient (Wildman–Crippen LogP) is 3.39. The first-order valence-corrected chi connectivity index (χ1v) is 6.88. The number of carbonyl (C=O) groups excluding carboxylic acids is 1. The van der Waals surface area contributed by atoms with E-state index in [-0.39, 0.29) is 5.97 Å². The van der Waals surface area contributed by atoms with Crippen LogP contribution in [0.5, 0.6) is 0 Å². The number of hydrogen-bond donors (Lipinski definition) is 0. The Bertz CT molecular complexity index is 554. The Morgan fingerprint density at radius 2 is 1.94 bits per heavy atom. The molecule has 18 heavy (non-hydrogen) atoms. The summed E-state index contributed by atoms with van der Waals surface area (Å²) in [6, 6.07) is 8.88. The van der Waals surface area contributed by atoms with Crippen molar-refractivity contribution in [3.05, 3.63) is 44.8 Å². The van der Waals surface area contributed by atoms with E-state index in [9.17, 15) is 4.79 Å². The maximum atomic E-state index is 12.0. The van der Waals surface area contributed by atoms with Gasteiger partial charge in [-0.2, -0.15) is 0 Å². The quantitative estimate of drug-likeness (QED) is 0.811. The van der Waals surface area contributed by atoms with Gasteiger partial charge in [-0.25, -0.2) is 4.79 Å². The fraction of sp³-hybridized carbons (Fsp3) is 0.250. The first-order chi connectivity index (χ1) is 8.49. The van der Waals surface area contributed by atoms with Crippen LogP contribution in [0.25, 0.3) is 0 Å². The van der Waals surface area contributed by atoms with Gasteiger partial charge in [0.2, 0.25) is 0 Å². The van der Waals surface area contributed by atoms with Crippen LogP contribution in [0.2, 0.25) is 0 Å². The van der Waals surface area contributed by atoms with E-state index in [0.29, 0.717) is 14.5 Å². The summed E-state index contributed by atoms with van der Waals surface area (Å²) < 4.78 is 6.14. The lowest BCUT2D eigenvalue weighted by atomic mass is 10.1. The van der Waals surface area contributed by atoms with E-state index in [2.05, 4.69) is 26.1 Å². The molecule has 1 aromatic carbocycles. The molecule has 0 aliphatic carbocycles. The van der Waals surface area contributed by atoms with Crippen LogP contribution >= 0.6 is 27.3 Å². The standard InChI is InChI=1S/C12H11BrN2O2S/c1-12(2,10-14-15-11(13)18-10)17-9(16)8-6-4-3-5-7-8/h3-7H,1-2H3. The number of nitrogens with zero attached hydrogens (tertiary/aromatic N) is 2. The number of esters is 1. The van der Waals surface area contributed by atoms with Gasteiger partial charge in [0.15, 0.2) is 14.5 Å².